The molecule has 1 atom stereocenters. The average Bonchev–Trinajstić information content (AvgIpc) is 2.95. The molecule has 0 bridgehead atoms. The van der Waals surface area contributed by atoms with Gasteiger partial charge in [0.2, 0.25) is 5.91 Å². The second-order valence-corrected chi connectivity index (χ2v) is 5.80. The van der Waals surface area contributed by atoms with Crippen molar-refractivity contribution in [2.75, 3.05) is 5.32 Å². The topological polar surface area (TPSA) is 84.2 Å². The number of phenols is 1. The van der Waals surface area contributed by atoms with Crippen LogP contribution in [0.15, 0.2) is 48.5 Å². The third-order valence-electron chi connectivity index (χ3n) is 4.24. The van der Waals surface area contributed by atoms with E-state index in [1.165, 1.54) is 12.1 Å². The minimum Gasteiger partial charge on any atom is -0.508 e. The Labute approximate surface area is 137 Å². The molecule has 120 valence electrons. The highest BCUT2D eigenvalue weighted by molar-refractivity contribution is 6.12. The van der Waals surface area contributed by atoms with Crippen molar-refractivity contribution in [2.45, 2.75) is 18.9 Å². The van der Waals surface area contributed by atoms with Crippen LogP contribution < -0.4 is 5.32 Å². The molecule has 1 unspecified atom stereocenters. The fourth-order valence-electron chi connectivity index (χ4n) is 3.08. The number of rotatable bonds is 2. The number of hydrogen-bond acceptors (Lipinski definition) is 4. The summed E-state index contributed by atoms with van der Waals surface area (Å²) in [6.07, 6.45) is 0.307. The number of Topliss-reactive ketones (excluding diaryl/α,β-unsaturated/α-hetero) is 1. The van der Waals surface area contributed by atoms with Gasteiger partial charge in [0.25, 0.3) is 0 Å². The number of benzene rings is 2. The number of para-hydroxylation sites is 2. The lowest BCUT2D eigenvalue weighted by Gasteiger charge is -2.22. The summed E-state index contributed by atoms with van der Waals surface area (Å²) in [4.78, 5) is 29.5. The highest BCUT2D eigenvalue weighted by Gasteiger charge is 2.36. The van der Waals surface area contributed by atoms with E-state index in [2.05, 4.69) is 10.3 Å². The molecule has 1 aliphatic heterocycles. The highest BCUT2D eigenvalue weighted by Crippen LogP contribution is 2.29. The third kappa shape index (κ3) is 2.32. The van der Waals surface area contributed by atoms with Gasteiger partial charge < -0.3 is 15.0 Å². The van der Waals surface area contributed by atoms with Gasteiger partial charge in [-0.05, 0) is 36.4 Å². The molecular weight excluding hydrogens is 306 g/mol. The van der Waals surface area contributed by atoms with E-state index >= 15 is 0 Å². The lowest BCUT2D eigenvalue weighted by molar-refractivity contribution is -0.128. The number of imidazole rings is 1. The summed E-state index contributed by atoms with van der Waals surface area (Å²) in [5.74, 6) is -0.844. The molecular formula is C18H15N3O3. The molecule has 1 amide bonds. The van der Waals surface area contributed by atoms with Crippen molar-refractivity contribution < 1.29 is 14.7 Å². The number of hydrogen-bond donors (Lipinski definition) is 2. The number of aryl methyl sites for hydroxylation is 1. The Morgan fingerprint density at radius 1 is 1.17 bits per heavy atom. The summed E-state index contributed by atoms with van der Waals surface area (Å²) < 4.78 is 1.94. The molecule has 2 N–H and O–H groups in total. The van der Waals surface area contributed by atoms with Crippen LogP contribution in [0.4, 0.5) is 5.69 Å². The van der Waals surface area contributed by atoms with Crippen LogP contribution in [0.1, 0.15) is 18.2 Å². The van der Waals surface area contributed by atoms with E-state index in [0.717, 1.165) is 11.0 Å². The second-order valence-electron chi connectivity index (χ2n) is 5.80. The lowest BCUT2D eigenvalue weighted by atomic mass is 9.96. The zero-order chi connectivity index (χ0) is 16.7. The van der Waals surface area contributed by atoms with Crippen LogP contribution in [0.5, 0.6) is 5.75 Å². The summed E-state index contributed by atoms with van der Waals surface area (Å²) in [5.41, 5.74) is 2.24. The average molecular weight is 321 g/mol. The molecule has 2 aromatic carbocycles. The van der Waals surface area contributed by atoms with Crippen molar-refractivity contribution in [3.8, 4) is 5.75 Å². The summed E-state index contributed by atoms with van der Waals surface area (Å²) in [5, 5.41) is 12.0. The van der Waals surface area contributed by atoms with Gasteiger partial charge in [-0.3, -0.25) is 9.59 Å². The number of nitrogens with one attached hydrogen (secondary N) is 1. The van der Waals surface area contributed by atoms with Gasteiger partial charge in [-0.1, -0.05) is 12.1 Å². The minimum atomic E-state index is -0.917. The maximum Gasteiger partial charge on any atom is 0.242 e. The Hall–Kier alpha value is -3.15. The van der Waals surface area contributed by atoms with Crippen molar-refractivity contribution in [3.05, 3.63) is 54.4 Å². The van der Waals surface area contributed by atoms with Crippen molar-refractivity contribution in [1.82, 2.24) is 9.55 Å². The van der Waals surface area contributed by atoms with E-state index in [0.29, 0.717) is 24.5 Å². The van der Waals surface area contributed by atoms with Gasteiger partial charge in [0.1, 0.15) is 11.6 Å². The Bertz CT molecular complexity index is 944. The number of carbonyl (C=O) groups excluding carboxylic acids is 2. The SMILES string of the molecule is O=C1CCn2c(nc3ccccc32)C1C(=O)Nc1ccc(O)cc1. The van der Waals surface area contributed by atoms with Crippen LogP contribution in [0.2, 0.25) is 0 Å². The molecule has 6 nitrogen and oxygen atoms in total. The van der Waals surface area contributed by atoms with Gasteiger partial charge in [-0.15, -0.1) is 0 Å². The first kappa shape index (κ1) is 14.4. The molecule has 0 radical (unpaired) electrons. The summed E-state index contributed by atoms with van der Waals surface area (Å²) in [7, 11) is 0. The van der Waals surface area contributed by atoms with E-state index in [9.17, 15) is 14.7 Å². The first-order valence-corrected chi connectivity index (χ1v) is 7.71. The van der Waals surface area contributed by atoms with Crippen LogP contribution in [-0.4, -0.2) is 26.3 Å². The molecule has 3 aromatic rings. The number of fused-ring (bicyclic) bond motifs is 3. The Balaban J connectivity index is 1.71. The standard InChI is InChI=1S/C18H15N3O3/c22-12-7-5-11(6-8-12)19-18(24)16-15(23)9-10-21-14-4-2-1-3-13(14)20-17(16)21/h1-8,16,22H,9-10H2,(H,19,24). The first-order chi connectivity index (χ1) is 11.6. The van der Waals surface area contributed by atoms with Crippen molar-refractivity contribution >= 4 is 28.4 Å². The zero-order valence-electron chi connectivity index (χ0n) is 12.8. The number of carbonyl (C=O) groups is 2. The number of amides is 1. The fourth-order valence-corrected chi connectivity index (χ4v) is 3.08. The molecule has 0 aliphatic carbocycles. The molecule has 24 heavy (non-hydrogen) atoms. The molecule has 4 rings (SSSR count). The number of aromatic hydroxyl groups is 1. The Morgan fingerprint density at radius 3 is 2.71 bits per heavy atom. The summed E-state index contributed by atoms with van der Waals surface area (Å²) in [6.45, 7) is 0.539. The summed E-state index contributed by atoms with van der Waals surface area (Å²) >= 11 is 0. The first-order valence-electron chi connectivity index (χ1n) is 7.71. The van der Waals surface area contributed by atoms with Crippen LogP contribution in [0, 0.1) is 0 Å². The van der Waals surface area contributed by atoms with Crippen LogP contribution in [0.25, 0.3) is 11.0 Å². The third-order valence-corrected chi connectivity index (χ3v) is 4.24. The van der Waals surface area contributed by atoms with E-state index in [-0.39, 0.29) is 11.5 Å². The number of ketones is 1. The molecule has 0 spiro atoms. The molecule has 6 heteroatoms. The van der Waals surface area contributed by atoms with Gasteiger partial charge in [-0.2, -0.15) is 0 Å². The maximum atomic E-state index is 12.7. The predicted octanol–water partition coefficient (Wildman–Crippen LogP) is 2.44. The highest BCUT2D eigenvalue weighted by atomic mass is 16.3. The van der Waals surface area contributed by atoms with Crippen LogP contribution >= 0.6 is 0 Å². The predicted molar refractivity (Wildman–Crippen MR) is 88.8 cm³/mol. The largest absolute Gasteiger partial charge is 0.508 e. The van der Waals surface area contributed by atoms with E-state index in [1.54, 1.807) is 12.1 Å². The molecule has 2 heterocycles. The molecule has 0 saturated carbocycles. The Kier molecular flexibility index (Phi) is 3.30. The minimum absolute atomic E-state index is 0.114. The van der Waals surface area contributed by atoms with E-state index in [4.69, 9.17) is 0 Å². The molecule has 0 saturated heterocycles. The summed E-state index contributed by atoms with van der Waals surface area (Å²) in [6, 6.07) is 13.7. The maximum absolute atomic E-state index is 12.7. The lowest BCUT2D eigenvalue weighted by Crippen LogP contribution is -2.34. The van der Waals surface area contributed by atoms with Gasteiger partial charge in [-0.25, -0.2) is 4.98 Å². The monoisotopic (exact) mass is 321 g/mol. The number of aromatic nitrogens is 2. The number of phenolic OH excluding ortho intramolecular Hbond substituents is 1. The van der Waals surface area contributed by atoms with Crippen molar-refractivity contribution in [2.24, 2.45) is 0 Å². The van der Waals surface area contributed by atoms with Crippen molar-refractivity contribution in [1.29, 1.82) is 0 Å². The van der Waals surface area contributed by atoms with E-state index < -0.39 is 11.8 Å². The van der Waals surface area contributed by atoms with Gasteiger partial charge in [0.05, 0.1) is 11.0 Å². The number of nitrogens with zero attached hydrogens (tertiary/aromatic N) is 2. The zero-order valence-corrected chi connectivity index (χ0v) is 12.8. The van der Waals surface area contributed by atoms with Crippen LogP contribution in [0.3, 0.4) is 0 Å². The van der Waals surface area contributed by atoms with E-state index in [1.807, 2.05) is 28.8 Å². The molecule has 1 aromatic heterocycles. The quantitative estimate of drug-likeness (QED) is 0.561. The normalized spacial score (nSPS) is 16.8. The molecule has 0 fully saturated rings. The van der Waals surface area contributed by atoms with Gasteiger partial charge in [0.15, 0.2) is 11.7 Å². The van der Waals surface area contributed by atoms with Crippen LogP contribution in [-0.2, 0) is 16.1 Å². The second kappa shape index (κ2) is 5.49. The van der Waals surface area contributed by atoms with Gasteiger partial charge in [0, 0.05) is 18.7 Å². The molecule has 1 aliphatic rings. The Morgan fingerprint density at radius 2 is 1.92 bits per heavy atom. The number of anilines is 1. The van der Waals surface area contributed by atoms with Gasteiger partial charge >= 0.3 is 0 Å². The van der Waals surface area contributed by atoms with Crippen molar-refractivity contribution in [3.63, 3.8) is 0 Å². The fraction of sp³-hybridized carbons (Fsp3) is 0.167. The smallest absolute Gasteiger partial charge is 0.242 e.